The molecule has 1 aromatic heterocycles. The van der Waals surface area contributed by atoms with Gasteiger partial charge < -0.3 is 14.6 Å². The van der Waals surface area contributed by atoms with Gasteiger partial charge in [-0.05, 0) is 39.3 Å². The molecular formula is C19H23BN2O3. The lowest BCUT2D eigenvalue weighted by Crippen LogP contribution is -2.41. The van der Waals surface area contributed by atoms with Crippen LogP contribution >= 0.6 is 0 Å². The van der Waals surface area contributed by atoms with Crippen molar-refractivity contribution in [1.82, 2.24) is 10.3 Å². The Hall–Kier alpha value is -2.18. The van der Waals surface area contributed by atoms with Gasteiger partial charge >= 0.3 is 7.12 Å². The quantitative estimate of drug-likeness (QED) is 0.869. The lowest BCUT2D eigenvalue weighted by atomic mass is 9.80. The van der Waals surface area contributed by atoms with Gasteiger partial charge in [-0.1, -0.05) is 36.4 Å². The van der Waals surface area contributed by atoms with E-state index in [0.717, 1.165) is 11.0 Å². The van der Waals surface area contributed by atoms with Crippen LogP contribution in [0.3, 0.4) is 0 Å². The van der Waals surface area contributed by atoms with Gasteiger partial charge in [0.05, 0.1) is 11.2 Å². The van der Waals surface area contributed by atoms with E-state index in [1.807, 2.05) is 64.1 Å². The van der Waals surface area contributed by atoms with Crippen molar-refractivity contribution >= 4 is 18.5 Å². The summed E-state index contributed by atoms with van der Waals surface area (Å²) in [6.45, 7) is 8.50. The Labute approximate surface area is 148 Å². The van der Waals surface area contributed by atoms with E-state index in [4.69, 9.17) is 9.31 Å². The van der Waals surface area contributed by atoms with Crippen LogP contribution in [0.25, 0.3) is 0 Å². The molecule has 1 saturated heterocycles. The molecule has 1 aliphatic heterocycles. The van der Waals surface area contributed by atoms with Gasteiger partial charge in [0, 0.05) is 18.2 Å². The van der Waals surface area contributed by atoms with Crippen LogP contribution in [0.15, 0.2) is 48.7 Å². The third-order valence-corrected chi connectivity index (χ3v) is 4.84. The Morgan fingerprint density at radius 3 is 2.24 bits per heavy atom. The molecule has 2 aromatic rings. The van der Waals surface area contributed by atoms with Gasteiger partial charge in [-0.25, -0.2) is 0 Å². The number of nitrogens with one attached hydrogen (secondary N) is 1. The summed E-state index contributed by atoms with van der Waals surface area (Å²) in [7, 11) is -0.473. The van der Waals surface area contributed by atoms with E-state index >= 15 is 0 Å². The second kappa shape index (κ2) is 6.62. The first-order chi connectivity index (χ1) is 11.8. The van der Waals surface area contributed by atoms with Crippen molar-refractivity contribution in [3.8, 4) is 0 Å². The highest BCUT2D eigenvalue weighted by molar-refractivity contribution is 6.62. The molecule has 130 valence electrons. The third kappa shape index (κ3) is 3.75. The molecule has 2 heterocycles. The molecule has 1 fully saturated rings. The van der Waals surface area contributed by atoms with Crippen molar-refractivity contribution in [1.29, 1.82) is 0 Å². The fourth-order valence-corrected chi connectivity index (χ4v) is 2.53. The number of pyridine rings is 1. The average Bonchev–Trinajstić information content (AvgIpc) is 2.81. The zero-order valence-corrected chi connectivity index (χ0v) is 15.1. The molecule has 0 aliphatic carbocycles. The van der Waals surface area contributed by atoms with Crippen LogP contribution in [-0.2, 0) is 15.9 Å². The van der Waals surface area contributed by atoms with Crippen LogP contribution in [-0.4, -0.2) is 29.2 Å². The van der Waals surface area contributed by atoms with Crippen molar-refractivity contribution in [3.05, 3.63) is 59.9 Å². The Morgan fingerprint density at radius 2 is 1.68 bits per heavy atom. The molecule has 0 saturated carbocycles. The Balaban J connectivity index is 1.63. The summed E-state index contributed by atoms with van der Waals surface area (Å²) < 4.78 is 12.0. The molecular weight excluding hydrogens is 315 g/mol. The smallest absolute Gasteiger partial charge is 0.399 e. The maximum absolute atomic E-state index is 12.2. The van der Waals surface area contributed by atoms with Crippen molar-refractivity contribution in [3.63, 3.8) is 0 Å². The highest BCUT2D eigenvalue weighted by Gasteiger charge is 2.51. The van der Waals surface area contributed by atoms with E-state index in [1.54, 1.807) is 12.3 Å². The van der Waals surface area contributed by atoms with E-state index in [1.165, 1.54) is 0 Å². The first-order valence-electron chi connectivity index (χ1n) is 8.42. The number of carbonyl (C=O) groups excluding carboxylic acids is 1. The average molecular weight is 338 g/mol. The molecule has 3 rings (SSSR count). The SMILES string of the molecule is CC1(C)OB(c2ccc(C(=O)NCc3ccccc3)nc2)OC1(C)C. The van der Waals surface area contributed by atoms with Crippen LogP contribution in [0, 0.1) is 0 Å². The number of nitrogens with zero attached hydrogens (tertiary/aromatic N) is 1. The summed E-state index contributed by atoms with van der Waals surface area (Å²) >= 11 is 0. The van der Waals surface area contributed by atoms with Gasteiger partial charge in [0.1, 0.15) is 5.69 Å². The van der Waals surface area contributed by atoms with Gasteiger partial charge in [0.25, 0.3) is 5.91 Å². The second-order valence-electron chi connectivity index (χ2n) is 7.23. The summed E-state index contributed by atoms with van der Waals surface area (Å²) in [6, 6.07) is 13.3. The lowest BCUT2D eigenvalue weighted by molar-refractivity contribution is 0.00578. The molecule has 1 amide bonds. The molecule has 25 heavy (non-hydrogen) atoms. The summed E-state index contributed by atoms with van der Waals surface area (Å²) in [5.74, 6) is -0.204. The predicted octanol–water partition coefficient (Wildman–Crippen LogP) is 2.31. The third-order valence-electron chi connectivity index (χ3n) is 4.84. The van der Waals surface area contributed by atoms with E-state index in [9.17, 15) is 4.79 Å². The minimum atomic E-state index is -0.473. The monoisotopic (exact) mass is 338 g/mol. The first-order valence-corrected chi connectivity index (χ1v) is 8.42. The van der Waals surface area contributed by atoms with E-state index in [0.29, 0.717) is 12.2 Å². The van der Waals surface area contributed by atoms with E-state index < -0.39 is 18.3 Å². The highest BCUT2D eigenvalue weighted by Crippen LogP contribution is 2.36. The highest BCUT2D eigenvalue weighted by atomic mass is 16.7. The number of carbonyl (C=O) groups is 1. The van der Waals surface area contributed by atoms with Crippen LogP contribution in [0.4, 0.5) is 0 Å². The van der Waals surface area contributed by atoms with Crippen LogP contribution in [0.5, 0.6) is 0 Å². The van der Waals surface area contributed by atoms with Crippen molar-refractivity contribution in [2.45, 2.75) is 45.4 Å². The maximum Gasteiger partial charge on any atom is 0.496 e. The fourth-order valence-electron chi connectivity index (χ4n) is 2.53. The van der Waals surface area contributed by atoms with Gasteiger partial charge in [0.2, 0.25) is 0 Å². The zero-order chi connectivity index (χ0) is 18.1. The molecule has 0 radical (unpaired) electrons. The lowest BCUT2D eigenvalue weighted by Gasteiger charge is -2.32. The molecule has 6 heteroatoms. The molecule has 0 bridgehead atoms. The Morgan fingerprint density at radius 1 is 1.04 bits per heavy atom. The van der Waals surface area contributed by atoms with Crippen LogP contribution < -0.4 is 10.8 Å². The largest absolute Gasteiger partial charge is 0.496 e. The molecule has 1 aliphatic rings. The summed E-state index contributed by atoms with van der Waals surface area (Å²) in [4.78, 5) is 16.5. The minimum Gasteiger partial charge on any atom is -0.399 e. The van der Waals surface area contributed by atoms with Crippen molar-refractivity contribution in [2.24, 2.45) is 0 Å². The van der Waals surface area contributed by atoms with Crippen molar-refractivity contribution in [2.75, 3.05) is 0 Å². The first kappa shape index (κ1) is 17.6. The topological polar surface area (TPSA) is 60.5 Å². The molecule has 0 unspecified atom stereocenters. The molecule has 0 spiro atoms. The van der Waals surface area contributed by atoms with Gasteiger partial charge in [-0.3, -0.25) is 9.78 Å². The number of benzene rings is 1. The summed E-state index contributed by atoms with van der Waals surface area (Å²) in [6.07, 6.45) is 1.64. The number of amides is 1. The van der Waals surface area contributed by atoms with Gasteiger partial charge in [-0.15, -0.1) is 0 Å². The Bertz CT molecular complexity index is 729. The Kier molecular flexibility index (Phi) is 4.67. The maximum atomic E-state index is 12.2. The predicted molar refractivity (Wildman–Crippen MR) is 97.6 cm³/mol. The number of aromatic nitrogens is 1. The normalized spacial score (nSPS) is 18.2. The zero-order valence-electron chi connectivity index (χ0n) is 15.1. The van der Waals surface area contributed by atoms with E-state index in [2.05, 4.69) is 10.3 Å². The number of hydrogen-bond acceptors (Lipinski definition) is 4. The number of hydrogen-bond donors (Lipinski definition) is 1. The molecule has 5 nitrogen and oxygen atoms in total. The van der Waals surface area contributed by atoms with Gasteiger partial charge in [-0.2, -0.15) is 0 Å². The van der Waals surface area contributed by atoms with Crippen molar-refractivity contribution < 1.29 is 14.1 Å². The van der Waals surface area contributed by atoms with Crippen LogP contribution in [0.1, 0.15) is 43.7 Å². The summed E-state index contributed by atoms with van der Waals surface area (Å²) in [5.41, 5.74) is 1.42. The molecule has 0 atom stereocenters. The van der Waals surface area contributed by atoms with E-state index in [-0.39, 0.29) is 5.91 Å². The van der Waals surface area contributed by atoms with Crippen LogP contribution in [0.2, 0.25) is 0 Å². The standard InChI is InChI=1S/C19H23BN2O3/c1-18(2)19(3,4)25-20(24-18)15-10-11-16(21-13-15)17(23)22-12-14-8-6-5-7-9-14/h5-11,13H,12H2,1-4H3,(H,22,23). The second-order valence-corrected chi connectivity index (χ2v) is 7.23. The molecule has 1 N–H and O–H groups in total. The summed E-state index contributed by atoms with van der Waals surface area (Å²) in [5, 5.41) is 2.87. The number of rotatable bonds is 4. The fraction of sp³-hybridized carbons (Fsp3) is 0.368. The molecule has 1 aromatic carbocycles. The minimum absolute atomic E-state index is 0.204. The van der Waals surface area contributed by atoms with Gasteiger partial charge in [0.15, 0.2) is 0 Å².